The van der Waals surface area contributed by atoms with Gasteiger partial charge in [-0.25, -0.2) is 9.48 Å². The summed E-state index contributed by atoms with van der Waals surface area (Å²) in [4.78, 5) is 38.1. The molecule has 0 fully saturated rings. The maximum atomic E-state index is 13.1. The highest BCUT2D eigenvalue weighted by molar-refractivity contribution is 7.16. The number of hydrogen-bond acceptors (Lipinski definition) is 6. The molecule has 0 saturated carbocycles. The standard InChI is InChI=1S/C21H18F3N3O4S/c1-10-8-15(28)17(26-27(10)14-7-5-6-13(9-14)21(22,23)24)18(29)25-19-16(20(30)31-4)11(2)12(3)32-19/h5-9H,1-4H3,(H,25,29). The van der Waals surface area contributed by atoms with Gasteiger partial charge < -0.3 is 10.1 Å². The monoisotopic (exact) mass is 465 g/mol. The second-order valence-corrected chi connectivity index (χ2v) is 8.12. The van der Waals surface area contributed by atoms with Crippen molar-refractivity contribution in [3.63, 3.8) is 0 Å². The van der Waals surface area contributed by atoms with E-state index in [2.05, 4.69) is 10.4 Å². The Bertz CT molecular complexity index is 1280. The fraction of sp³-hybridized carbons (Fsp3) is 0.238. The fourth-order valence-electron chi connectivity index (χ4n) is 3.01. The van der Waals surface area contributed by atoms with Crippen LogP contribution in [-0.2, 0) is 10.9 Å². The molecule has 7 nitrogen and oxygen atoms in total. The Labute approximate surface area is 184 Å². The minimum absolute atomic E-state index is 0.0319. The van der Waals surface area contributed by atoms with Crippen molar-refractivity contribution in [2.75, 3.05) is 12.4 Å². The number of hydrogen-bond donors (Lipinski definition) is 1. The third-order valence-electron chi connectivity index (χ3n) is 4.74. The first-order valence-electron chi connectivity index (χ1n) is 9.22. The molecule has 32 heavy (non-hydrogen) atoms. The first-order chi connectivity index (χ1) is 14.9. The van der Waals surface area contributed by atoms with E-state index in [1.54, 1.807) is 13.8 Å². The molecule has 1 aromatic carbocycles. The number of thiophene rings is 1. The summed E-state index contributed by atoms with van der Waals surface area (Å²) in [6.07, 6.45) is -4.57. The smallest absolute Gasteiger partial charge is 0.416 e. The van der Waals surface area contributed by atoms with Crippen molar-refractivity contribution >= 4 is 28.2 Å². The first-order valence-corrected chi connectivity index (χ1v) is 10.0. The summed E-state index contributed by atoms with van der Waals surface area (Å²) < 4.78 is 45.1. The van der Waals surface area contributed by atoms with E-state index < -0.39 is 34.7 Å². The third kappa shape index (κ3) is 4.42. The quantitative estimate of drug-likeness (QED) is 0.581. The Kier molecular flexibility index (Phi) is 6.22. The molecule has 3 aromatic rings. The number of rotatable bonds is 4. The number of benzene rings is 1. The molecule has 1 amide bonds. The highest BCUT2D eigenvalue weighted by Crippen LogP contribution is 2.33. The number of carbonyl (C=O) groups excluding carboxylic acids is 2. The molecule has 11 heteroatoms. The number of nitrogens with one attached hydrogen (secondary N) is 1. The van der Waals surface area contributed by atoms with Crippen molar-refractivity contribution in [2.45, 2.75) is 26.9 Å². The van der Waals surface area contributed by atoms with Gasteiger partial charge in [-0.3, -0.25) is 9.59 Å². The molecule has 3 rings (SSSR count). The van der Waals surface area contributed by atoms with Gasteiger partial charge in [-0.15, -0.1) is 11.3 Å². The van der Waals surface area contributed by atoms with E-state index in [1.807, 2.05) is 0 Å². The molecular weight excluding hydrogens is 447 g/mol. The average molecular weight is 465 g/mol. The van der Waals surface area contributed by atoms with Gasteiger partial charge in [-0.1, -0.05) is 6.07 Å². The van der Waals surface area contributed by atoms with Gasteiger partial charge in [0.25, 0.3) is 5.91 Å². The van der Waals surface area contributed by atoms with Gasteiger partial charge in [0.05, 0.1) is 23.9 Å². The summed E-state index contributed by atoms with van der Waals surface area (Å²) in [5, 5.41) is 6.68. The summed E-state index contributed by atoms with van der Waals surface area (Å²) in [5.41, 5.74) is -1.09. The molecule has 0 aliphatic heterocycles. The number of methoxy groups -OCH3 is 1. The minimum Gasteiger partial charge on any atom is -0.465 e. The molecule has 1 N–H and O–H groups in total. The van der Waals surface area contributed by atoms with Gasteiger partial charge in [0, 0.05) is 16.6 Å². The van der Waals surface area contributed by atoms with Crippen molar-refractivity contribution < 1.29 is 27.5 Å². The summed E-state index contributed by atoms with van der Waals surface area (Å²) >= 11 is 1.13. The average Bonchev–Trinajstić information content (AvgIpc) is 3.00. The molecular formula is C21H18F3N3O4S. The molecule has 0 atom stereocenters. The number of nitrogens with zero attached hydrogens (tertiary/aromatic N) is 2. The normalized spacial score (nSPS) is 11.3. The molecule has 0 spiro atoms. The predicted molar refractivity (Wildman–Crippen MR) is 113 cm³/mol. The van der Waals surface area contributed by atoms with Crippen molar-refractivity contribution in [3.05, 3.63) is 73.5 Å². The van der Waals surface area contributed by atoms with Crippen molar-refractivity contribution in [3.8, 4) is 5.69 Å². The van der Waals surface area contributed by atoms with Crippen LogP contribution in [0.25, 0.3) is 5.69 Å². The molecule has 0 aliphatic carbocycles. The molecule has 0 aliphatic rings. The molecule has 2 aromatic heterocycles. The van der Waals surface area contributed by atoms with E-state index >= 15 is 0 Å². The lowest BCUT2D eigenvalue weighted by Gasteiger charge is -2.13. The van der Waals surface area contributed by atoms with Gasteiger partial charge in [0.2, 0.25) is 5.43 Å². The Balaban J connectivity index is 2.04. The lowest BCUT2D eigenvalue weighted by atomic mass is 10.1. The van der Waals surface area contributed by atoms with Gasteiger partial charge in [-0.05, 0) is 44.5 Å². The molecule has 168 valence electrons. The number of halogens is 3. The molecule has 2 heterocycles. The highest BCUT2D eigenvalue weighted by Gasteiger charge is 2.31. The van der Waals surface area contributed by atoms with Gasteiger partial charge >= 0.3 is 12.1 Å². The molecule has 0 saturated heterocycles. The maximum absolute atomic E-state index is 13.1. The van der Waals surface area contributed by atoms with Crippen LogP contribution in [0.15, 0.2) is 35.1 Å². The number of aromatic nitrogens is 2. The van der Waals surface area contributed by atoms with Crippen LogP contribution >= 0.6 is 11.3 Å². The zero-order valence-electron chi connectivity index (χ0n) is 17.5. The van der Waals surface area contributed by atoms with Crippen molar-refractivity contribution in [1.82, 2.24) is 9.78 Å². The van der Waals surface area contributed by atoms with Crippen molar-refractivity contribution in [1.29, 1.82) is 0 Å². The van der Waals surface area contributed by atoms with Crippen LogP contribution in [0.2, 0.25) is 0 Å². The second kappa shape index (κ2) is 8.58. The number of aryl methyl sites for hydroxylation is 2. The zero-order valence-corrected chi connectivity index (χ0v) is 18.3. The van der Waals surface area contributed by atoms with Crippen LogP contribution in [0.4, 0.5) is 18.2 Å². The van der Waals surface area contributed by atoms with E-state index in [4.69, 9.17) is 4.74 Å². The van der Waals surface area contributed by atoms with E-state index in [0.29, 0.717) is 5.56 Å². The topological polar surface area (TPSA) is 90.3 Å². The van der Waals surface area contributed by atoms with Crippen LogP contribution in [-0.4, -0.2) is 28.8 Å². The van der Waals surface area contributed by atoms with Crippen LogP contribution in [0.3, 0.4) is 0 Å². The van der Waals surface area contributed by atoms with E-state index in [-0.39, 0.29) is 21.9 Å². The Hall–Kier alpha value is -3.47. The van der Waals surface area contributed by atoms with E-state index in [9.17, 15) is 27.6 Å². The van der Waals surface area contributed by atoms with Gasteiger partial charge in [-0.2, -0.15) is 18.3 Å². The van der Waals surface area contributed by atoms with Crippen LogP contribution in [0.5, 0.6) is 0 Å². The largest absolute Gasteiger partial charge is 0.465 e. The van der Waals surface area contributed by atoms with Crippen LogP contribution in [0.1, 0.15) is 42.5 Å². The Morgan fingerprint density at radius 1 is 1.16 bits per heavy atom. The van der Waals surface area contributed by atoms with Crippen LogP contribution in [0, 0.1) is 20.8 Å². The van der Waals surface area contributed by atoms with Crippen molar-refractivity contribution in [2.24, 2.45) is 0 Å². The third-order valence-corrected chi connectivity index (χ3v) is 5.87. The van der Waals surface area contributed by atoms with E-state index in [1.165, 1.54) is 26.2 Å². The Morgan fingerprint density at radius 2 is 1.84 bits per heavy atom. The summed E-state index contributed by atoms with van der Waals surface area (Å²) in [7, 11) is 1.20. The summed E-state index contributed by atoms with van der Waals surface area (Å²) in [6.45, 7) is 4.93. The molecule has 0 bridgehead atoms. The SMILES string of the molecule is COC(=O)c1c(NC(=O)c2nn(-c3cccc(C(F)(F)F)c3)c(C)cc2=O)sc(C)c1C. The lowest BCUT2D eigenvalue weighted by Crippen LogP contribution is -2.27. The second-order valence-electron chi connectivity index (χ2n) is 6.89. The van der Waals surface area contributed by atoms with E-state index in [0.717, 1.165) is 39.1 Å². The summed E-state index contributed by atoms with van der Waals surface area (Å²) in [5.74, 6) is -1.55. The lowest BCUT2D eigenvalue weighted by molar-refractivity contribution is -0.137. The van der Waals surface area contributed by atoms with Gasteiger partial charge in [0.1, 0.15) is 5.00 Å². The fourth-order valence-corrected chi connectivity index (χ4v) is 4.05. The van der Waals surface area contributed by atoms with Crippen LogP contribution < -0.4 is 10.7 Å². The number of anilines is 1. The minimum atomic E-state index is -4.57. The number of carbonyl (C=O) groups is 2. The van der Waals surface area contributed by atoms with Gasteiger partial charge in [0.15, 0.2) is 5.69 Å². The number of alkyl halides is 3. The number of esters is 1. The predicted octanol–water partition coefficient (Wildman–Crippen LogP) is 4.28. The Morgan fingerprint density at radius 3 is 2.47 bits per heavy atom. The number of amides is 1. The summed E-state index contributed by atoms with van der Waals surface area (Å²) in [6, 6.07) is 5.46. The molecule has 0 unspecified atom stereocenters. The zero-order chi connectivity index (χ0) is 23.8. The number of ether oxygens (including phenoxy) is 1. The first kappa shape index (κ1) is 23.2. The maximum Gasteiger partial charge on any atom is 0.416 e. The molecule has 0 radical (unpaired) electrons. The highest BCUT2D eigenvalue weighted by atomic mass is 32.1.